The van der Waals surface area contributed by atoms with Gasteiger partial charge in [-0.15, -0.1) is 0 Å². The zero-order chi connectivity index (χ0) is 38.4. The summed E-state index contributed by atoms with van der Waals surface area (Å²) in [4.78, 5) is 34.1. The molecule has 4 aromatic carbocycles. The van der Waals surface area contributed by atoms with Gasteiger partial charge >= 0.3 is 0 Å². The fraction of sp³-hybridized carbons (Fsp3) is 0.250. The summed E-state index contributed by atoms with van der Waals surface area (Å²) in [5.41, 5.74) is 6.21. The van der Waals surface area contributed by atoms with Crippen molar-refractivity contribution in [3.8, 4) is 22.3 Å². The van der Waals surface area contributed by atoms with Gasteiger partial charge in [0.2, 0.25) is 12.6 Å². The van der Waals surface area contributed by atoms with Gasteiger partial charge in [-0.05, 0) is 74.2 Å². The molecule has 0 aliphatic rings. The zero-order valence-corrected chi connectivity index (χ0v) is 31.6. The first-order valence-electron chi connectivity index (χ1n) is 18.6. The number of pyridine rings is 1. The third kappa shape index (κ3) is 9.64. The number of nitrogens with zero attached hydrogens (tertiary/aromatic N) is 4. The van der Waals surface area contributed by atoms with Crippen LogP contribution < -0.4 is 10.9 Å². The molecular weight excluding hydrogens is 693 g/mol. The van der Waals surface area contributed by atoms with Crippen molar-refractivity contribution in [3.05, 3.63) is 149 Å². The molecule has 0 aliphatic heterocycles. The van der Waals surface area contributed by atoms with Gasteiger partial charge in [0.15, 0.2) is 11.6 Å². The summed E-state index contributed by atoms with van der Waals surface area (Å²) in [6, 6.07) is 37.7. The van der Waals surface area contributed by atoms with E-state index in [2.05, 4.69) is 38.5 Å². The first-order valence-corrected chi connectivity index (χ1v) is 18.6. The van der Waals surface area contributed by atoms with E-state index in [0.29, 0.717) is 55.5 Å². The lowest BCUT2D eigenvalue weighted by Gasteiger charge is -2.19. The second-order valence-electron chi connectivity index (χ2n) is 12.2. The van der Waals surface area contributed by atoms with Gasteiger partial charge in [-0.2, -0.15) is 0 Å². The van der Waals surface area contributed by atoms with Crippen molar-refractivity contribution < 1.29 is 18.9 Å². The van der Waals surface area contributed by atoms with Crippen LogP contribution in [0.25, 0.3) is 44.1 Å². The van der Waals surface area contributed by atoms with Crippen LogP contribution >= 0.6 is 0 Å². The van der Waals surface area contributed by atoms with Gasteiger partial charge in [0.25, 0.3) is 5.56 Å². The number of aromatic amines is 1. The summed E-state index contributed by atoms with van der Waals surface area (Å²) in [6.07, 6.45) is 0.503. The number of nitrogens with one attached hydrogen (secondary N) is 2. The number of ether oxygens (including phenoxy) is 4. The molecular formula is C44H46N6O5. The molecule has 0 amide bonds. The maximum Gasteiger partial charge on any atom is 0.259 e. The fourth-order valence-electron chi connectivity index (χ4n) is 6.16. The Hall–Kier alpha value is -5.85. The van der Waals surface area contributed by atoms with Gasteiger partial charge in [-0.1, -0.05) is 91.0 Å². The van der Waals surface area contributed by atoms with Crippen LogP contribution in [0.1, 0.15) is 57.6 Å². The summed E-state index contributed by atoms with van der Waals surface area (Å²) in [5.74, 6) is 1.63. The van der Waals surface area contributed by atoms with Crippen molar-refractivity contribution in [2.24, 2.45) is 0 Å². The number of fused-ring (bicyclic) bond motifs is 2. The Bertz CT molecular complexity index is 2310. The van der Waals surface area contributed by atoms with E-state index in [-0.39, 0.29) is 5.56 Å². The molecule has 3 heterocycles. The molecule has 11 heteroatoms. The Labute approximate surface area is 320 Å². The smallest absolute Gasteiger partial charge is 0.259 e. The van der Waals surface area contributed by atoms with Gasteiger partial charge in [-0.3, -0.25) is 9.78 Å². The van der Waals surface area contributed by atoms with Gasteiger partial charge in [0.1, 0.15) is 5.82 Å². The highest BCUT2D eigenvalue weighted by Gasteiger charge is 2.21. The van der Waals surface area contributed by atoms with Crippen LogP contribution in [-0.4, -0.2) is 51.3 Å². The SMILES string of the molecule is CCOC(OCC)c1nc(NCc2ccccn2)c2c(-c3ccccc3)cccc2n1.CCOC(OCC)c1nc2cccc(-c3ccccc3)c2c(=O)[nH]1. The highest BCUT2D eigenvalue weighted by molar-refractivity contribution is 6.01. The van der Waals surface area contributed by atoms with E-state index in [0.717, 1.165) is 44.7 Å². The lowest BCUT2D eigenvalue weighted by atomic mass is 10.0. The molecule has 0 fully saturated rings. The van der Waals surface area contributed by atoms with Gasteiger partial charge < -0.3 is 29.2 Å². The molecule has 282 valence electrons. The lowest BCUT2D eigenvalue weighted by Crippen LogP contribution is -2.19. The normalized spacial score (nSPS) is 11.2. The topological polar surface area (TPSA) is 133 Å². The molecule has 2 N–H and O–H groups in total. The minimum Gasteiger partial charge on any atom is -0.364 e. The van der Waals surface area contributed by atoms with E-state index >= 15 is 0 Å². The van der Waals surface area contributed by atoms with Crippen molar-refractivity contribution >= 4 is 27.6 Å². The quantitative estimate of drug-likeness (QED) is 0.0982. The third-order valence-corrected chi connectivity index (χ3v) is 8.53. The van der Waals surface area contributed by atoms with Crippen molar-refractivity contribution in [3.63, 3.8) is 0 Å². The number of hydrogen-bond donors (Lipinski definition) is 2. The largest absolute Gasteiger partial charge is 0.364 e. The van der Waals surface area contributed by atoms with E-state index in [4.69, 9.17) is 28.9 Å². The Morgan fingerprint density at radius 1 is 0.582 bits per heavy atom. The summed E-state index contributed by atoms with van der Waals surface area (Å²) in [6.45, 7) is 10.1. The van der Waals surface area contributed by atoms with Gasteiger partial charge in [-0.25, -0.2) is 15.0 Å². The van der Waals surface area contributed by atoms with Crippen LogP contribution in [0.3, 0.4) is 0 Å². The molecule has 0 radical (unpaired) electrons. The van der Waals surface area contributed by atoms with Crippen LogP contribution in [0.2, 0.25) is 0 Å². The Morgan fingerprint density at radius 2 is 1.13 bits per heavy atom. The minimum atomic E-state index is -0.669. The van der Waals surface area contributed by atoms with Crippen LogP contribution in [0, 0.1) is 0 Å². The molecule has 0 saturated carbocycles. The number of benzene rings is 4. The predicted molar refractivity (Wildman–Crippen MR) is 216 cm³/mol. The predicted octanol–water partition coefficient (Wildman–Crippen LogP) is 9.04. The highest BCUT2D eigenvalue weighted by atomic mass is 16.7. The lowest BCUT2D eigenvalue weighted by molar-refractivity contribution is -0.145. The monoisotopic (exact) mass is 738 g/mol. The van der Waals surface area contributed by atoms with Crippen LogP contribution in [0.4, 0.5) is 5.82 Å². The van der Waals surface area contributed by atoms with Gasteiger partial charge in [0.05, 0.1) is 34.0 Å². The van der Waals surface area contributed by atoms with E-state index in [1.807, 2.05) is 125 Å². The second-order valence-corrected chi connectivity index (χ2v) is 12.2. The molecule has 0 aliphatic carbocycles. The van der Waals surface area contributed by atoms with E-state index < -0.39 is 12.6 Å². The summed E-state index contributed by atoms with van der Waals surface area (Å²) in [5, 5.41) is 5.00. The van der Waals surface area contributed by atoms with Crippen molar-refractivity contribution in [2.75, 3.05) is 31.7 Å². The number of anilines is 1. The first kappa shape index (κ1) is 38.9. The molecule has 0 atom stereocenters. The third-order valence-electron chi connectivity index (χ3n) is 8.53. The number of hydrogen-bond acceptors (Lipinski definition) is 10. The van der Waals surface area contributed by atoms with Crippen LogP contribution in [-0.2, 0) is 25.5 Å². The Kier molecular flexibility index (Phi) is 13.8. The highest BCUT2D eigenvalue weighted by Crippen LogP contribution is 2.34. The molecule has 7 aromatic rings. The maximum absolute atomic E-state index is 12.7. The van der Waals surface area contributed by atoms with Crippen LogP contribution in [0.15, 0.2) is 126 Å². The number of rotatable bonds is 15. The Morgan fingerprint density at radius 3 is 1.69 bits per heavy atom. The number of H-pyrrole nitrogens is 1. The first-order chi connectivity index (χ1) is 27.0. The number of aromatic nitrogens is 5. The molecule has 7 rings (SSSR count). The van der Waals surface area contributed by atoms with E-state index in [9.17, 15) is 4.79 Å². The van der Waals surface area contributed by atoms with Crippen molar-refractivity contribution in [2.45, 2.75) is 46.8 Å². The molecule has 0 bridgehead atoms. The molecule has 0 saturated heterocycles. The molecule has 3 aromatic heterocycles. The summed E-state index contributed by atoms with van der Waals surface area (Å²) >= 11 is 0. The fourth-order valence-corrected chi connectivity index (χ4v) is 6.16. The van der Waals surface area contributed by atoms with Crippen molar-refractivity contribution in [1.29, 1.82) is 0 Å². The van der Waals surface area contributed by atoms with E-state index in [1.165, 1.54) is 0 Å². The summed E-state index contributed by atoms with van der Waals surface area (Å²) in [7, 11) is 0. The average molecular weight is 739 g/mol. The van der Waals surface area contributed by atoms with Crippen molar-refractivity contribution in [1.82, 2.24) is 24.9 Å². The molecule has 11 nitrogen and oxygen atoms in total. The summed E-state index contributed by atoms with van der Waals surface area (Å²) < 4.78 is 22.6. The zero-order valence-electron chi connectivity index (χ0n) is 31.6. The average Bonchev–Trinajstić information content (AvgIpc) is 3.23. The Balaban J connectivity index is 0.000000193. The van der Waals surface area contributed by atoms with E-state index in [1.54, 1.807) is 6.20 Å². The van der Waals surface area contributed by atoms with Gasteiger partial charge in [0, 0.05) is 32.6 Å². The second kappa shape index (κ2) is 19.5. The van der Waals surface area contributed by atoms with Crippen LogP contribution in [0.5, 0.6) is 0 Å². The molecule has 55 heavy (non-hydrogen) atoms. The molecule has 0 spiro atoms. The maximum atomic E-state index is 12.7. The molecule has 0 unspecified atom stereocenters. The standard InChI is InChI=1S/C25H26N4O2.C19H20N2O3/c1-3-30-25(31-4-2)24-28-21-15-10-14-20(18-11-6-5-7-12-18)22(21)23(29-24)27-17-19-13-8-9-16-26-19;1-3-23-19(24-4-2)17-20-15-12-8-11-14(16(15)18(22)21-17)13-9-6-5-7-10-13/h5-16,25H,3-4,17H2,1-2H3,(H,27,28,29);5-12,19H,3-4H2,1-2H3,(H,20,21,22). The minimum absolute atomic E-state index is 0.196.